The molecule has 0 saturated carbocycles. The SMILES string of the molecule is Nc1ncnc2c1c(-c1ccccc1)cn2-c1cccc(Cn2ccnc2)c1. The highest BCUT2D eigenvalue weighted by Crippen LogP contribution is 2.34. The van der Waals surface area contributed by atoms with E-state index >= 15 is 0 Å². The van der Waals surface area contributed by atoms with Crippen molar-refractivity contribution in [1.29, 1.82) is 0 Å². The molecule has 28 heavy (non-hydrogen) atoms. The molecule has 0 atom stereocenters. The molecule has 0 bridgehead atoms. The maximum absolute atomic E-state index is 6.23. The van der Waals surface area contributed by atoms with Gasteiger partial charge >= 0.3 is 0 Å². The summed E-state index contributed by atoms with van der Waals surface area (Å²) in [5.41, 5.74) is 11.3. The molecule has 0 unspecified atom stereocenters. The molecule has 0 aliphatic carbocycles. The summed E-state index contributed by atoms with van der Waals surface area (Å²) in [7, 11) is 0. The van der Waals surface area contributed by atoms with Crippen LogP contribution in [0.4, 0.5) is 5.82 Å². The quantitative estimate of drug-likeness (QED) is 0.523. The van der Waals surface area contributed by atoms with Gasteiger partial charge < -0.3 is 14.9 Å². The van der Waals surface area contributed by atoms with Gasteiger partial charge in [0.1, 0.15) is 12.1 Å². The van der Waals surface area contributed by atoms with Gasteiger partial charge in [-0.25, -0.2) is 15.0 Å². The number of nitrogen functional groups attached to an aromatic ring is 1. The van der Waals surface area contributed by atoms with Crippen molar-refractivity contribution in [2.75, 3.05) is 5.73 Å². The van der Waals surface area contributed by atoms with Gasteiger partial charge in [-0.1, -0.05) is 42.5 Å². The van der Waals surface area contributed by atoms with Crippen LogP contribution in [0.25, 0.3) is 27.8 Å². The van der Waals surface area contributed by atoms with E-state index in [2.05, 4.69) is 62.1 Å². The highest BCUT2D eigenvalue weighted by Gasteiger charge is 2.16. The fraction of sp³-hybridized carbons (Fsp3) is 0.0455. The predicted molar refractivity (Wildman–Crippen MR) is 110 cm³/mol. The van der Waals surface area contributed by atoms with E-state index in [1.807, 2.05) is 35.3 Å². The van der Waals surface area contributed by atoms with Crippen LogP contribution in [0.2, 0.25) is 0 Å². The molecule has 0 spiro atoms. The van der Waals surface area contributed by atoms with Gasteiger partial charge in [0.25, 0.3) is 0 Å². The second-order valence-electron chi connectivity index (χ2n) is 6.64. The zero-order valence-electron chi connectivity index (χ0n) is 15.1. The van der Waals surface area contributed by atoms with E-state index in [0.717, 1.165) is 34.4 Å². The van der Waals surface area contributed by atoms with Gasteiger partial charge in [0.2, 0.25) is 0 Å². The van der Waals surface area contributed by atoms with Crippen LogP contribution >= 0.6 is 0 Å². The summed E-state index contributed by atoms with van der Waals surface area (Å²) in [6.45, 7) is 0.760. The van der Waals surface area contributed by atoms with Gasteiger partial charge in [-0.2, -0.15) is 0 Å². The minimum atomic E-state index is 0.483. The Hall–Kier alpha value is -3.93. The third-order valence-electron chi connectivity index (χ3n) is 4.81. The van der Waals surface area contributed by atoms with Crippen LogP contribution in [0.15, 0.2) is 85.8 Å². The van der Waals surface area contributed by atoms with Crippen molar-refractivity contribution in [2.24, 2.45) is 0 Å². The molecule has 6 nitrogen and oxygen atoms in total. The lowest BCUT2D eigenvalue weighted by Gasteiger charge is -2.08. The lowest BCUT2D eigenvalue weighted by molar-refractivity contribution is 0.796. The van der Waals surface area contributed by atoms with Gasteiger partial charge in [0.15, 0.2) is 5.65 Å². The number of hydrogen-bond donors (Lipinski definition) is 1. The highest BCUT2D eigenvalue weighted by atomic mass is 15.1. The Morgan fingerprint density at radius 1 is 0.964 bits per heavy atom. The van der Waals surface area contributed by atoms with Crippen LogP contribution in [0.5, 0.6) is 0 Å². The third kappa shape index (κ3) is 2.81. The minimum Gasteiger partial charge on any atom is -0.383 e. The fourth-order valence-electron chi connectivity index (χ4n) is 3.51. The number of imidazole rings is 1. The van der Waals surface area contributed by atoms with Crippen LogP contribution < -0.4 is 5.73 Å². The molecule has 0 fully saturated rings. The van der Waals surface area contributed by atoms with Crippen molar-refractivity contribution in [1.82, 2.24) is 24.1 Å². The molecule has 5 rings (SSSR count). The summed E-state index contributed by atoms with van der Waals surface area (Å²) in [6, 6.07) is 18.6. The highest BCUT2D eigenvalue weighted by molar-refractivity contribution is 6.01. The number of fused-ring (bicyclic) bond motifs is 1. The summed E-state index contributed by atoms with van der Waals surface area (Å²) in [6.07, 6.45) is 9.16. The number of nitrogens with two attached hydrogens (primary N) is 1. The third-order valence-corrected chi connectivity index (χ3v) is 4.81. The van der Waals surface area contributed by atoms with E-state index in [9.17, 15) is 0 Å². The zero-order valence-corrected chi connectivity index (χ0v) is 15.1. The standard InChI is InChI=1S/C22H18N6/c23-21-20-19(17-6-2-1-3-7-17)13-28(22(20)26-14-25-21)18-8-4-5-16(11-18)12-27-10-9-24-15-27/h1-11,13-15H,12H2,(H2,23,25,26). The van der Waals surface area contributed by atoms with Gasteiger partial charge in [-0.15, -0.1) is 0 Å². The van der Waals surface area contributed by atoms with Crippen molar-refractivity contribution < 1.29 is 0 Å². The first-order valence-corrected chi connectivity index (χ1v) is 9.01. The van der Waals surface area contributed by atoms with Crippen molar-refractivity contribution >= 4 is 16.9 Å². The minimum absolute atomic E-state index is 0.483. The summed E-state index contributed by atoms with van der Waals surface area (Å²) in [5.74, 6) is 0.483. The van der Waals surface area contributed by atoms with Crippen LogP contribution in [0.3, 0.4) is 0 Å². The second kappa shape index (κ2) is 6.66. The van der Waals surface area contributed by atoms with E-state index in [1.165, 1.54) is 11.9 Å². The Kier molecular flexibility index (Phi) is 3.87. The Balaban J connectivity index is 1.67. The molecular formula is C22H18N6. The Bertz CT molecular complexity index is 1240. The first-order chi connectivity index (χ1) is 13.8. The van der Waals surface area contributed by atoms with Crippen LogP contribution in [0, 0.1) is 0 Å². The maximum atomic E-state index is 6.23. The van der Waals surface area contributed by atoms with E-state index in [0.29, 0.717) is 5.82 Å². The molecule has 3 heterocycles. The van der Waals surface area contributed by atoms with Gasteiger partial charge in [-0.3, -0.25) is 0 Å². The van der Waals surface area contributed by atoms with Gasteiger partial charge in [0.05, 0.1) is 11.7 Å². The van der Waals surface area contributed by atoms with Crippen LogP contribution in [0.1, 0.15) is 5.56 Å². The molecule has 0 aliphatic heterocycles. The Morgan fingerprint density at radius 3 is 2.68 bits per heavy atom. The fourth-order valence-corrected chi connectivity index (χ4v) is 3.51. The van der Waals surface area contributed by atoms with Crippen molar-refractivity contribution in [3.05, 3.63) is 91.4 Å². The van der Waals surface area contributed by atoms with E-state index < -0.39 is 0 Å². The molecule has 6 heteroatoms. The molecule has 136 valence electrons. The van der Waals surface area contributed by atoms with Gasteiger partial charge in [0, 0.05) is 36.4 Å². The molecule has 0 aliphatic rings. The van der Waals surface area contributed by atoms with E-state index in [4.69, 9.17) is 5.73 Å². The number of rotatable bonds is 4. The van der Waals surface area contributed by atoms with Crippen LogP contribution in [-0.2, 0) is 6.54 Å². The molecule has 0 radical (unpaired) electrons. The normalized spacial score (nSPS) is 11.1. The zero-order chi connectivity index (χ0) is 18.9. The smallest absolute Gasteiger partial charge is 0.150 e. The van der Waals surface area contributed by atoms with Gasteiger partial charge in [-0.05, 0) is 23.3 Å². The molecule has 5 aromatic rings. The lowest BCUT2D eigenvalue weighted by atomic mass is 10.1. The van der Waals surface area contributed by atoms with E-state index in [-0.39, 0.29) is 0 Å². The van der Waals surface area contributed by atoms with Crippen molar-refractivity contribution in [2.45, 2.75) is 6.54 Å². The number of nitrogens with zero attached hydrogens (tertiary/aromatic N) is 5. The van der Waals surface area contributed by atoms with E-state index in [1.54, 1.807) is 6.20 Å². The first kappa shape index (κ1) is 16.3. The Morgan fingerprint density at radius 2 is 1.86 bits per heavy atom. The monoisotopic (exact) mass is 366 g/mol. The molecule has 2 N–H and O–H groups in total. The average molecular weight is 366 g/mol. The summed E-state index contributed by atoms with van der Waals surface area (Å²) < 4.78 is 4.12. The molecule has 3 aromatic heterocycles. The number of aromatic nitrogens is 5. The summed E-state index contributed by atoms with van der Waals surface area (Å²) >= 11 is 0. The van der Waals surface area contributed by atoms with Crippen molar-refractivity contribution in [3.63, 3.8) is 0 Å². The van der Waals surface area contributed by atoms with Crippen LogP contribution in [-0.4, -0.2) is 24.1 Å². The average Bonchev–Trinajstić information content (AvgIpc) is 3.37. The lowest BCUT2D eigenvalue weighted by Crippen LogP contribution is -2.00. The second-order valence-corrected chi connectivity index (χ2v) is 6.64. The predicted octanol–water partition coefficient (Wildman–Crippen LogP) is 3.91. The molecule has 0 saturated heterocycles. The van der Waals surface area contributed by atoms with Crippen molar-refractivity contribution in [3.8, 4) is 16.8 Å². The number of anilines is 1. The first-order valence-electron chi connectivity index (χ1n) is 9.01. The number of hydrogen-bond acceptors (Lipinski definition) is 4. The maximum Gasteiger partial charge on any atom is 0.150 e. The largest absolute Gasteiger partial charge is 0.383 e. The molecular weight excluding hydrogens is 348 g/mol. The molecule has 0 amide bonds. The Labute approximate surface area is 161 Å². The summed E-state index contributed by atoms with van der Waals surface area (Å²) in [4.78, 5) is 12.9. The topological polar surface area (TPSA) is 74.5 Å². The molecule has 2 aromatic carbocycles. The number of benzene rings is 2. The summed E-state index contributed by atoms with van der Waals surface area (Å²) in [5, 5.41) is 0.869.